The Morgan fingerprint density at radius 2 is 2.00 bits per heavy atom. The van der Waals surface area contributed by atoms with Gasteiger partial charge in [-0.1, -0.05) is 30.3 Å². The number of hydrogen-bond donors (Lipinski definition) is 0. The Hall–Kier alpha value is -2.82. The van der Waals surface area contributed by atoms with Gasteiger partial charge in [-0.15, -0.1) is 0 Å². The Kier molecular flexibility index (Phi) is 4.51. The molecule has 1 amide bonds. The zero-order valence-electron chi connectivity index (χ0n) is 14.1. The topological polar surface area (TPSA) is 51.3 Å². The summed E-state index contributed by atoms with van der Waals surface area (Å²) in [6.07, 6.45) is 1.62. The van der Waals surface area contributed by atoms with Crippen molar-refractivity contribution in [3.63, 3.8) is 0 Å². The number of aromatic nitrogens is 2. The van der Waals surface area contributed by atoms with Crippen LogP contribution in [0, 0.1) is 6.92 Å². The van der Waals surface area contributed by atoms with E-state index in [1.807, 2.05) is 67.3 Å². The monoisotopic (exact) mass is 323 g/mol. The molecule has 0 N–H and O–H groups in total. The molecular formula is C19H21N3O2. The van der Waals surface area contributed by atoms with Gasteiger partial charge < -0.3 is 9.32 Å². The highest BCUT2D eigenvalue weighted by Gasteiger charge is 2.26. The van der Waals surface area contributed by atoms with E-state index < -0.39 is 0 Å². The number of aryl methyl sites for hydroxylation is 2. The molecule has 0 saturated carbocycles. The minimum Gasteiger partial charge on any atom is -0.467 e. The summed E-state index contributed by atoms with van der Waals surface area (Å²) in [5, 5.41) is 4.29. The van der Waals surface area contributed by atoms with Crippen LogP contribution in [0.1, 0.15) is 40.5 Å². The minimum atomic E-state index is -0.0843. The van der Waals surface area contributed by atoms with Crippen molar-refractivity contribution < 1.29 is 9.21 Å². The molecule has 3 aromatic rings. The van der Waals surface area contributed by atoms with Gasteiger partial charge in [-0.25, -0.2) is 0 Å². The summed E-state index contributed by atoms with van der Waals surface area (Å²) in [4.78, 5) is 15.0. The van der Waals surface area contributed by atoms with Crippen LogP contribution in [-0.4, -0.2) is 20.6 Å². The van der Waals surface area contributed by atoms with Crippen molar-refractivity contribution in [1.29, 1.82) is 0 Å². The lowest BCUT2D eigenvalue weighted by Crippen LogP contribution is -2.34. The van der Waals surface area contributed by atoms with Gasteiger partial charge in [0.05, 0.1) is 24.5 Å². The Bertz CT molecular complexity index is 807. The quantitative estimate of drug-likeness (QED) is 0.719. The van der Waals surface area contributed by atoms with Crippen LogP contribution < -0.4 is 0 Å². The second-order valence-electron chi connectivity index (χ2n) is 5.89. The number of benzene rings is 1. The van der Waals surface area contributed by atoms with Crippen molar-refractivity contribution in [3.05, 3.63) is 77.5 Å². The van der Waals surface area contributed by atoms with Gasteiger partial charge in [0, 0.05) is 7.05 Å². The number of furan rings is 1. The maximum Gasteiger partial charge on any atom is 0.273 e. The molecule has 0 saturated heterocycles. The Morgan fingerprint density at radius 1 is 1.25 bits per heavy atom. The molecule has 1 atom stereocenters. The van der Waals surface area contributed by atoms with E-state index in [1.54, 1.807) is 18.0 Å². The van der Waals surface area contributed by atoms with Crippen LogP contribution >= 0.6 is 0 Å². The maximum absolute atomic E-state index is 13.1. The van der Waals surface area contributed by atoms with Gasteiger partial charge in [-0.3, -0.25) is 9.48 Å². The van der Waals surface area contributed by atoms with Gasteiger partial charge in [-0.2, -0.15) is 5.10 Å². The smallest absolute Gasteiger partial charge is 0.273 e. The van der Waals surface area contributed by atoms with Gasteiger partial charge >= 0.3 is 0 Å². The normalized spacial score (nSPS) is 12.1. The molecule has 0 radical (unpaired) electrons. The number of carbonyl (C=O) groups is 1. The largest absolute Gasteiger partial charge is 0.467 e. The lowest BCUT2D eigenvalue weighted by atomic mass is 10.1. The van der Waals surface area contributed by atoms with Gasteiger partial charge in [0.1, 0.15) is 11.5 Å². The standard InChI is InChI=1S/C19H21N3O2/c1-14-12-18(21(3)20-14)19(23)22(13-17-10-7-11-24-17)15(2)16-8-5-4-6-9-16/h4-12,15H,13H2,1-3H3. The SMILES string of the molecule is Cc1cc(C(=O)N(Cc2ccco2)C(C)c2ccccc2)n(C)n1. The molecule has 0 aliphatic heterocycles. The second-order valence-corrected chi connectivity index (χ2v) is 5.89. The fourth-order valence-corrected chi connectivity index (χ4v) is 2.82. The highest BCUT2D eigenvalue weighted by molar-refractivity contribution is 5.93. The number of rotatable bonds is 5. The van der Waals surface area contributed by atoms with Crippen LogP contribution in [0.25, 0.3) is 0 Å². The number of carbonyl (C=O) groups excluding carboxylic acids is 1. The van der Waals surface area contributed by atoms with Crippen LogP contribution in [0.2, 0.25) is 0 Å². The summed E-state index contributed by atoms with van der Waals surface area (Å²) in [6, 6.07) is 15.4. The first kappa shape index (κ1) is 16.1. The molecule has 2 aromatic heterocycles. The molecule has 5 heteroatoms. The lowest BCUT2D eigenvalue weighted by molar-refractivity contribution is 0.0647. The van der Waals surface area contributed by atoms with Crippen LogP contribution in [0.3, 0.4) is 0 Å². The Balaban J connectivity index is 1.95. The zero-order valence-corrected chi connectivity index (χ0v) is 14.1. The van der Waals surface area contributed by atoms with Gasteiger partial charge in [-0.05, 0) is 37.6 Å². The van der Waals surface area contributed by atoms with Gasteiger partial charge in [0.2, 0.25) is 0 Å². The van der Waals surface area contributed by atoms with Gasteiger partial charge in [0.25, 0.3) is 5.91 Å². The molecule has 1 unspecified atom stereocenters. The molecule has 124 valence electrons. The second kappa shape index (κ2) is 6.74. The van der Waals surface area contributed by atoms with E-state index in [1.165, 1.54) is 0 Å². The highest BCUT2D eigenvalue weighted by atomic mass is 16.3. The minimum absolute atomic E-state index is 0.0640. The summed E-state index contributed by atoms with van der Waals surface area (Å²) in [5.74, 6) is 0.691. The fourth-order valence-electron chi connectivity index (χ4n) is 2.82. The molecule has 0 spiro atoms. The van der Waals surface area contributed by atoms with E-state index in [0.29, 0.717) is 12.2 Å². The van der Waals surface area contributed by atoms with Crippen molar-refractivity contribution in [3.8, 4) is 0 Å². The van der Waals surface area contributed by atoms with E-state index in [-0.39, 0.29) is 11.9 Å². The van der Waals surface area contributed by atoms with Gasteiger partial charge in [0.15, 0.2) is 0 Å². The van der Waals surface area contributed by atoms with Crippen LogP contribution in [-0.2, 0) is 13.6 Å². The third kappa shape index (κ3) is 3.25. The van der Waals surface area contributed by atoms with E-state index in [2.05, 4.69) is 5.10 Å². The van der Waals surface area contributed by atoms with Crippen molar-refractivity contribution in [1.82, 2.24) is 14.7 Å². The van der Waals surface area contributed by atoms with E-state index in [9.17, 15) is 4.79 Å². The number of hydrogen-bond acceptors (Lipinski definition) is 3. The van der Waals surface area contributed by atoms with Crippen molar-refractivity contribution in [2.24, 2.45) is 7.05 Å². The zero-order chi connectivity index (χ0) is 17.1. The van der Waals surface area contributed by atoms with Crippen molar-refractivity contribution in [2.75, 3.05) is 0 Å². The first-order valence-corrected chi connectivity index (χ1v) is 7.95. The highest BCUT2D eigenvalue weighted by Crippen LogP contribution is 2.24. The first-order chi connectivity index (χ1) is 11.6. The Labute approximate surface area is 141 Å². The molecule has 0 fully saturated rings. The molecule has 0 bridgehead atoms. The van der Waals surface area contributed by atoms with Crippen molar-refractivity contribution >= 4 is 5.91 Å². The average Bonchev–Trinajstić information content (AvgIpc) is 3.21. The lowest BCUT2D eigenvalue weighted by Gasteiger charge is -2.29. The number of nitrogens with zero attached hydrogens (tertiary/aromatic N) is 3. The van der Waals surface area contributed by atoms with Crippen molar-refractivity contribution in [2.45, 2.75) is 26.4 Å². The summed E-state index contributed by atoms with van der Waals surface area (Å²) < 4.78 is 7.08. The maximum atomic E-state index is 13.1. The van der Waals surface area contributed by atoms with Crippen LogP contribution in [0.15, 0.2) is 59.2 Å². The first-order valence-electron chi connectivity index (χ1n) is 7.95. The molecule has 1 aromatic carbocycles. The average molecular weight is 323 g/mol. The molecule has 24 heavy (non-hydrogen) atoms. The molecule has 3 rings (SSSR count). The predicted molar refractivity (Wildman–Crippen MR) is 91.4 cm³/mol. The number of amides is 1. The predicted octanol–water partition coefficient (Wildman–Crippen LogP) is 3.73. The third-order valence-electron chi connectivity index (χ3n) is 4.14. The summed E-state index contributed by atoms with van der Waals surface area (Å²) >= 11 is 0. The van der Waals surface area contributed by atoms with Crippen LogP contribution in [0.4, 0.5) is 0 Å². The summed E-state index contributed by atoms with van der Waals surface area (Å²) in [6.45, 7) is 4.32. The molecular weight excluding hydrogens is 302 g/mol. The molecule has 2 heterocycles. The van der Waals surface area contributed by atoms with E-state index >= 15 is 0 Å². The summed E-state index contributed by atoms with van der Waals surface area (Å²) in [5.41, 5.74) is 2.48. The van der Waals surface area contributed by atoms with E-state index in [4.69, 9.17) is 4.42 Å². The Morgan fingerprint density at radius 3 is 2.58 bits per heavy atom. The fraction of sp³-hybridized carbons (Fsp3) is 0.263. The van der Waals surface area contributed by atoms with E-state index in [0.717, 1.165) is 17.0 Å². The molecule has 5 nitrogen and oxygen atoms in total. The third-order valence-corrected chi connectivity index (χ3v) is 4.14. The molecule has 0 aliphatic carbocycles. The summed E-state index contributed by atoms with van der Waals surface area (Å²) in [7, 11) is 1.79. The molecule has 0 aliphatic rings. The van der Waals surface area contributed by atoms with Crippen LogP contribution in [0.5, 0.6) is 0 Å².